The zero-order chi connectivity index (χ0) is 11.5. The Morgan fingerprint density at radius 3 is 2.81 bits per heavy atom. The van der Waals surface area contributed by atoms with Crippen molar-refractivity contribution in [3.05, 3.63) is 42.0 Å². The standard InChI is InChI=1S/C13H15FN2/c1-3-6-16-9-12(8-15-16)11-5-4-10(2)13(14)7-11/h4-5,7-9H,3,6H2,1-2H3. The highest BCUT2D eigenvalue weighted by Gasteiger charge is 2.04. The average Bonchev–Trinajstić information content (AvgIpc) is 2.71. The van der Waals surface area contributed by atoms with Crippen molar-refractivity contribution in [2.45, 2.75) is 26.8 Å². The van der Waals surface area contributed by atoms with Gasteiger partial charge in [0.1, 0.15) is 5.82 Å². The number of hydrogen-bond acceptors (Lipinski definition) is 1. The van der Waals surface area contributed by atoms with Gasteiger partial charge in [0.25, 0.3) is 0 Å². The molecule has 84 valence electrons. The zero-order valence-corrected chi connectivity index (χ0v) is 9.57. The molecule has 1 aromatic carbocycles. The summed E-state index contributed by atoms with van der Waals surface area (Å²) in [6.45, 7) is 4.76. The van der Waals surface area contributed by atoms with Crippen LogP contribution in [0.1, 0.15) is 18.9 Å². The summed E-state index contributed by atoms with van der Waals surface area (Å²) >= 11 is 0. The maximum atomic E-state index is 13.4. The second-order valence-electron chi connectivity index (χ2n) is 3.96. The lowest BCUT2D eigenvalue weighted by Crippen LogP contribution is -1.95. The molecular weight excluding hydrogens is 203 g/mol. The van der Waals surface area contributed by atoms with E-state index in [-0.39, 0.29) is 5.82 Å². The van der Waals surface area contributed by atoms with Crippen molar-refractivity contribution < 1.29 is 4.39 Å². The van der Waals surface area contributed by atoms with Gasteiger partial charge in [-0.25, -0.2) is 4.39 Å². The second kappa shape index (κ2) is 4.47. The van der Waals surface area contributed by atoms with E-state index in [1.165, 1.54) is 0 Å². The van der Waals surface area contributed by atoms with Crippen molar-refractivity contribution in [1.82, 2.24) is 9.78 Å². The molecule has 2 nitrogen and oxygen atoms in total. The average molecular weight is 218 g/mol. The number of hydrogen-bond donors (Lipinski definition) is 0. The maximum Gasteiger partial charge on any atom is 0.126 e. The Hall–Kier alpha value is -1.64. The molecule has 3 heteroatoms. The van der Waals surface area contributed by atoms with Crippen molar-refractivity contribution >= 4 is 0 Å². The first kappa shape index (κ1) is 10.9. The van der Waals surface area contributed by atoms with Crippen LogP contribution in [0.2, 0.25) is 0 Å². The topological polar surface area (TPSA) is 17.8 Å². The van der Waals surface area contributed by atoms with E-state index in [1.54, 1.807) is 25.3 Å². The van der Waals surface area contributed by atoms with E-state index >= 15 is 0 Å². The zero-order valence-electron chi connectivity index (χ0n) is 9.57. The van der Waals surface area contributed by atoms with Crippen LogP contribution in [0.25, 0.3) is 11.1 Å². The normalized spacial score (nSPS) is 10.7. The van der Waals surface area contributed by atoms with Crippen molar-refractivity contribution in [2.24, 2.45) is 0 Å². The third-order valence-electron chi connectivity index (χ3n) is 2.59. The van der Waals surface area contributed by atoms with Gasteiger partial charge in [-0.15, -0.1) is 0 Å². The first-order valence-corrected chi connectivity index (χ1v) is 5.49. The van der Waals surface area contributed by atoms with E-state index in [4.69, 9.17) is 0 Å². The quantitative estimate of drug-likeness (QED) is 0.772. The number of aryl methyl sites for hydroxylation is 2. The molecule has 0 radical (unpaired) electrons. The Morgan fingerprint density at radius 2 is 2.12 bits per heavy atom. The molecule has 0 aliphatic rings. The van der Waals surface area contributed by atoms with Crippen LogP contribution in [0.15, 0.2) is 30.6 Å². The molecule has 0 N–H and O–H groups in total. The molecule has 0 atom stereocenters. The van der Waals surface area contributed by atoms with Crippen molar-refractivity contribution in [3.8, 4) is 11.1 Å². The van der Waals surface area contributed by atoms with Crippen LogP contribution in [0.5, 0.6) is 0 Å². The molecule has 0 amide bonds. The SMILES string of the molecule is CCCn1cc(-c2ccc(C)c(F)c2)cn1. The fourth-order valence-corrected chi connectivity index (χ4v) is 1.64. The van der Waals surface area contributed by atoms with E-state index in [0.717, 1.165) is 24.1 Å². The highest BCUT2D eigenvalue weighted by molar-refractivity contribution is 5.62. The molecule has 0 aliphatic heterocycles. The van der Waals surface area contributed by atoms with Crippen LogP contribution in [-0.2, 0) is 6.54 Å². The lowest BCUT2D eigenvalue weighted by Gasteiger charge is -2.00. The lowest BCUT2D eigenvalue weighted by atomic mass is 10.1. The van der Waals surface area contributed by atoms with E-state index < -0.39 is 0 Å². The van der Waals surface area contributed by atoms with Crippen molar-refractivity contribution in [1.29, 1.82) is 0 Å². The van der Waals surface area contributed by atoms with Gasteiger partial charge in [-0.05, 0) is 30.5 Å². The molecule has 0 unspecified atom stereocenters. The van der Waals surface area contributed by atoms with Gasteiger partial charge in [-0.2, -0.15) is 5.10 Å². The summed E-state index contributed by atoms with van der Waals surface area (Å²) in [5.74, 6) is -0.166. The molecule has 0 saturated heterocycles. The number of rotatable bonds is 3. The molecule has 2 aromatic rings. The van der Waals surface area contributed by atoms with E-state index in [0.29, 0.717) is 5.56 Å². The summed E-state index contributed by atoms with van der Waals surface area (Å²) in [5.41, 5.74) is 2.52. The summed E-state index contributed by atoms with van der Waals surface area (Å²) in [5, 5.41) is 4.23. The second-order valence-corrected chi connectivity index (χ2v) is 3.96. The predicted molar refractivity (Wildman–Crippen MR) is 62.6 cm³/mol. The molecule has 0 bridgehead atoms. The van der Waals surface area contributed by atoms with Gasteiger partial charge in [0.2, 0.25) is 0 Å². The Morgan fingerprint density at radius 1 is 1.31 bits per heavy atom. The minimum absolute atomic E-state index is 0.166. The number of nitrogens with zero attached hydrogens (tertiary/aromatic N) is 2. The molecular formula is C13H15FN2. The van der Waals surface area contributed by atoms with Crippen LogP contribution in [-0.4, -0.2) is 9.78 Å². The van der Waals surface area contributed by atoms with Crippen LogP contribution in [0.3, 0.4) is 0 Å². The minimum atomic E-state index is -0.166. The third kappa shape index (κ3) is 2.13. The van der Waals surface area contributed by atoms with Gasteiger partial charge in [0.05, 0.1) is 6.20 Å². The summed E-state index contributed by atoms with van der Waals surface area (Å²) in [7, 11) is 0. The molecule has 1 aromatic heterocycles. The number of aromatic nitrogens is 2. The van der Waals surface area contributed by atoms with Gasteiger partial charge in [0.15, 0.2) is 0 Å². The molecule has 0 saturated carbocycles. The van der Waals surface area contributed by atoms with Crippen molar-refractivity contribution in [2.75, 3.05) is 0 Å². The lowest BCUT2D eigenvalue weighted by molar-refractivity contribution is 0.603. The van der Waals surface area contributed by atoms with Gasteiger partial charge >= 0.3 is 0 Å². The Kier molecular flexibility index (Phi) is 3.04. The number of benzene rings is 1. The van der Waals surface area contributed by atoms with Gasteiger partial charge < -0.3 is 0 Å². The molecule has 2 rings (SSSR count). The molecule has 0 fully saturated rings. The van der Waals surface area contributed by atoms with Crippen molar-refractivity contribution in [3.63, 3.8) is 0 Å². The predicted octanol–water partition coefficient (Wildman–Crippen LogP) is 3.41. The van der Waals surface area contributed by atoms with Crippen LogP contribution in [0, 0.1) is 12.7 Å². The fourth-order valence-electron chi connectivity index (χ4n) is 1.64. The Bertz CT molecular complexity index is 488. The highest BCUT2D eigenvalue weighted by atomic mass is 19.1. The summed E-state index contributed by atoms with van der Waals surface area (Å²) in [4.78, 5) is 0. The first-order chi connectivity index (χ1) is 7.70. The van der Waals surface area contributed by atoms with E-state index in [9.17, 15) is 4.39 Å². The van der Waals surface area contributed by atoms with Gasteiger partial charge in [-0.1, -0.05) is 19.1 Å². The fraction of sp³-hybridized carbons (Fsp3) is 0.308. The van der Waals surface area contributed by atoms with Gasteiger partial charge in [-0.3, -0.25) is 4.68 Å². The smallest absolute Gasteiger partial charge is 0.126 e. The van der Waals surface area contributed by atoms with E-state index in [1.807, 2.05) is 16.9 Å². The Balaban J connectivity index is 2.31. The largest absolute Gasteiger partial charge is 0.272 e. The molecule has 0 aliphatic carbocycles. The monoisotopic (exact) mass is 218 g/mol. The van der Waals surface area contributed by atoms with E-state index in [2.05, 4.69) is 12.0 Å². The summed E-state index contributed by atoms with van der Waals surface area (Å²) in [6, 6.07) is 5.27. The molecule has 0 spiro atoms. The van der Waals surface area contributed by atoms with Crippen LogP contribution >= 0.6 is 0 Å². The van der Waals surface area contributed by atoms with Crippen LogP contribution in [0.4, 0.5) is 4.39 Å². The maximum absolute atomic E-state index is 13.4. The molecule has 1 heterocycles. The third-order valence-corrected chi connectivity index (χ3v) is 2.59. The first-order valence-electron chi connectivity index (χ1n) is 5.49. The summed E-state index contributed by atoms with van der Waals surface area (Å²) in [6.07, 6.45) is 4.77. The van der Waals surface area contributed by atoms with Gasteiger partial charge in [0, 0.05) is 18.3 Å². The summed E-state index contributed by atoms with van der Waals surface area (Å²) < 4.78 is 15.3. The molecule has 16 heavy (non-hydrogen) atoms. The Labute approximate surface area is 94.7 Å². The van der Waals surface area contributed by atoms with Crippen LogP contribution < -0.4 is 0 Å². The minimum Gasteiger partial charge on any atom is -0.272 e. The highest BCUT2D eigenvalue weighted by Crippen LogP contribution is 2.21. The number of halogens is 1.